The molecule has 0 bridgehead atoms. The molecule has 0 radical (unpaired) electrons. The summed E-state index contributed by atoms with van der Waals surface area (Å²) in [5.41, 5.74) is 1.06. The third kappa shape index (κ3) is 7.90. The van der Waals surface area contributed by atoms with Gasteiger partial charge in [-0.15, -0.1) is 6.58 Å². The van der Waals surface area contributed by atoms with Crippen molar-refractivity contribution in [1.82, 2.24) is 0 Å². The van der Waals surface area contributed by atoms with Crippen molar-refractivity contribution in [2.75, 3.05) is 0 Å². The van der Waals surface area contributed by atoms with E-state index in [2.05, 4.69) is 40.3 Å². The van der Waals surface area contributed by atoms with Crippen LogP contribution in [0.1, 0.15) is 118 Å². The molecule has 0 saturated heterocycles. The van der Waals surface area contributed by atoms with Crippen LogP contribution < -0.4 is 0 Å². The molecule has 1 fully saturated rings. The summed E-state index contributed by atoms with van der Waals surface area (Å²) < 4.78 is 0. The van der Waals surface area contributed by atoms with Crippen molar-refractivity contribution in [3.05, 3.63) is 12.7 Å². The molecule has 0 N–H and O–H groups in total. The highest BCUT2D eigenvalue weighted by molar-refractivity contribution is 4.93. The van der Waals surface area contributed by atoms with Crippen LogP contribution in [0.2, 0.25) is 0 Å². The maximum absolute atomic E-state index is 4.21. The Morgan fingerprint density at radius 3 is 1.91 bits per heavy atom. The molecule has 2 unspecified atom stereocenters. The molecule has 0 heterocycles. The van der Waals surface area contributed by atoms with Gasteiger partial charge in [-0.05, 0) is 48.9 Å². The lowest BCUT2D eigenvalue weighted by atomic mass is 9.67. The van der Waals surface area contributed by atoms with Crippen molar-refractivity contribution in [3.8, 4) is 0 Å². The van der Waals surface area contributed by atoms with Gasteiger partial charge in [0.05, 0.1) is 0 Å². The zero-order chi connectivity index (χ0) is 17.2. The summed E-state index contributed by atoms with van der Waals surface area (Å²) in [5, 5.41) is 0. The van der Waals surface area contributed by atoms with Crippen LogP contribution in [0.25, 0.3) is 0 Å². The van der Waals surface area contributed by atoms with Crippen molar-refractivity contribution in [3.63, 3.8) is 0 Å². The first-order valence-corrected chi connectivity index (χ1v) is 10.6. The summed E-state index contributed by atoms with van der Waals surface area (Å²) in [4.78, 5) is 0. The zero-order valence-electron chi connectivity index (χ0n) is 16.8. The van der Waals surface area contributed by atoms with Gasteiger partial charge in [-0.3, -0.25) is 0 Å². The summed E-state index contributed by atoms with van der Waals surface area (Å²) in [5.74, 6) is 0.727. The van der Waals surface area contributed by atoms with E-state index >= 15 is 0 Å². The summed E-state index contributed by atoms with van der Waals surface area (Å²) in [6.45, 7) is 14.1. The van der Waals surface area contributed by atoms with E-state index in [9.17, 15) is 0 Å². The van der Waals surface area contributed by atoms with E-state index in [0.29, 0.717) is 10.8 Å². The molecule has 1 aliphatic carbocycles. The lowest BCUT2D eigenvalue weighted by molar-refractivity contribution is 0.157. The highest BCUT2D eigenvalue weighted by Crippen LogP contribution is 2.43. The van der Waals surface area contributed by atoms with Crippen LogP contribution >= 0.6 is 0 Å². The minimum absolute atomic E-state index is 0.499. The highest BCUT2D eigenvalue weighted by atomic mass is 14.4. The molecular formula is C23H44. The maximum Gasteiger partial charge on any atom is -0.0182 e. The van der Waals surface area contributed by atoms with Crippen LogP contribution in [0.15, 0.2) is 12.7 Å². The van der Waals surface area contributed by atoms with Crippen LogP contribution in [0, 0.1) is 16.7 Å². The Morgan fingerprint density at radius 1 is 0.826 bits per heavy atom. The lowest BCUT2D eigenvalue weighted by Crippen LogP contribution is -2.27. The lowest BCUT2D eigenvalue weighted by Gasteiger charge is -2.38. The minimum atomic E-state index is 0.499. The molecule has 0 heteroatoms. The van der Waals surface area contributed by atoms with Gasteiger partial charge < -0.3 is 0 Å². The monoisotopic (exact) mass is 320 g/mol. The molecule has 136 valence electrons. The summed E-state index contributed by atoms with van der Waals surface area (Å²) in [6.07, 6.45) is 22.0. The molecule has 1 aliphatic rings. The zero-order valence-corrected chi connectivity index (χ0v) is 16.8. The number of rotatable bonds is 6. The third-order valence-electron chi connectivity index (χ3n) is 6.50. The highest BCUT2D eigenvalue weighted by Gasteiger charge is 2.31. The third-order valence-corrected chi connectivity index (χ3v) is 6.50. The fraction of sp³-hybridized carbons (Fsp3) is 0.913. The summed E-state index contributed by atoms with van der Waals surface area (Å²) in [7, 11) is 0. The Kier molecular flexibility index (Phi) is 9.55. The van der Waals surface area contributed by atoms with Crippen molar-refractivity contribution in [2.24, 2.45) is 16.7 Å². The smallest absolute Gasteiger partial charge is 0.0182 e. The molecule has 0 amide bonds. The first-order chi connectivity index (χ1) is 10.9. The van der Waals surface area contributed by atoms with Crippen LogP contribution in [0.5, 0.6) is 0 Å². The van der Waals surface area contributed by atoms with E-state index in [1.807, 2.05) is 0 Å². The van der Waals surface area contributed by atoms with E-state index in [-0.39, 0.29) is 0 Å². The molecule has 0 spiro atoms. The average molecular weight is 321 g/mol. The summed E-state index contributed by atoms with van der Waals surface area (Å²) >= 11 is 0. The normalized spacial score (nSPS) is 28.3. The van der Waals surface area contributed by atoms with Gasteiger partial charge in [0.1, 0.15) is 0 Å². The fourth-order valence-electron chi connectivity index (χ4n) is 4.60. The van der Waals surface area contributed by atoms with Crippen molar-refractivity contribution >= 4 is 0 Å². The number of allylic oxidation sites excluding steroid dienone is 1. The Labute approximate surface area is 147 Å². The first kappa shape index (κ1) is 20.8. The van der Waals surface area contributed by atoms with Gasteiger partial charge in [0.25, 0.3) is 0 Å². The quantitative estimate of drug-likeness (QED) is 0.341. The van der Waals surface area contributed by atoms with E-state index in [1.165, 1.54) is 89.9 Å². The van der Waals surface area contributed by atoms with Gasteiger partial charge in [-0.2, -0.15) is 0 Å². The molecule has 0 nitrogen and oxygen atoms in total. The fourth-order valence-corrected chi connectivity index (χ4v) is 4.60. The molecule has 0 aromatic heterocycles. The van der Waals surface area contributed by atoms with E-state index in [4.69, 9.17) is 0 Å². The SMILES string of the molecule is C=CC(CCCCC)C1(C)CCCCCCC(C)(C)CCCC1. The molecule has 2 atom stereocenters. The number of hydrogen-bond donors (Lipinski definition) is 0. The van der Waals surface area contributed by atoms with E-state index in [0.717, 1.165) is 5.92 Å². The number of hydrogen-bond acceptors (Lipinski definition) is 0. The Balaban J connectivity index is 2.65. The molecule has 23 heavy (non-hydrogen) atoms. The molecule has 0 aromatic rings. The van der Waals surface area contributed by atoms with Gasteiger partial charge in [0.2, 0.25) is 0 Å². The maximum atomic E-state index is 4.21. The predicted molar refractivity (Wildman–Crippen MR) is 106 cm³/mol. The van der Waals surface area contributed by atoms with Gasteiger partial charge >= 0.3 is 0 Å². The van der Waals surface area contributed by atoms with Crippen LogP contribution in [-0.4, -0.2) is 0 Å². The molecule has 0 aliphatic heterocycles. The van der Waals surface area contributed by atoms with Gasteiger partial charge in [-0.1, -0.05) is 91.6 Å². The second-order valence-electron chi connectivity index (χ2n) is 9.28. The Hall–Kier alpha value is -0.260. The number of unbranched alkanes of at least 4 members (excludes halogenated alkanes) is 2. The average Bonchev–Trinajstić information content (AvgIpc) is 2.50. The summed E-state index contributed by atoms with van der Waals surface area (Å²) in [6, 6.07) is 0. The minimum Gasteiger partial charge on any atom is -0.103 e. The topological polar surface area (TPSA) is 0 Å². The molecule has 1 rings (SSSR count). The van der Waals surface area contributed by atoms with Crippen molar-refractivity contribution in [2.45, 2.75) is 118 Å². The van der Waals surface area contributed by atoms with E-state index in [1.54, 1.807) is 0 Å². The predicted octanol–water partition coefficient (Wildman–Crippen LogP) is 8.32. The van der Waals surface area contributed by atoms with Crippen LogP contribution in [-0.2, 0) is 0 Å². The Morgan fingerprint density at radius 2 is 1.35 bits per heavy atom. The van der Waals surface area contributed by atoms with Crippen molar-refractivity contribution in [1.29, 1.82) is 0 Å². The molecule has 0 aromatic carbocycles. The van der Waals surface area contributed by atoms with Gasteiger partial charge in [0, 0.05) is 0 Å². The first-order valence-electron chi connectivity index (χ1n) is 10.6. The van der Waals surface area contributed by atoms with Crippen LogP contribution in [0.3, 0.4) is 0 Å². The Bertz CT molecular complexity index is 314. The van der Waals surface area contributed by atoms with Gasteiger partial charge in [-0.25, -0.2) is 0 Å². The molecule has 1 saturated carbocycles. The second-order valence-corrected chi connectivity index (χ2v) is 9.28. The molecular weight excluding hydrogens is 276 g/mol. The second kappa shape index (κ2) is 10.6. The van der Waals surface area contributed by atoms with Gasteiger partial charge in [0.15, 0.2) is 0 Å². The van der Waals surface area contributed by atoms with E-state index < -0.39 is 0 Å². The largest absolute Gasteiger partial charge is 0.103 e. The van der Waals surface area contributed by atoms with Crippen molar-refractivity contribution < 1.29 is 0 Å². The van der Waals surface area contributed by atoms with Crippen LogP contribution in [0.4, 0.5) is 0 Å². The standard InChI is InChI=1S/C23H44/c1-6-8-11-16-21(7-2)23(5)19-13-10-9-12-17-22(3,4)18-14-15-20-23/h7,21H,2,6,8-20H2,1,3-5H3.